The summed E-state index contributed by atoms with van der Waals surface area (Å²) in [7, 11) is 2.11. The molecule has 0 unspecified atom stereocenters. The molecule has 9 nitrogen and oxygen atoms in total. The number of aryl methyl sites for hydroxylation is 1. The number of H-pyrrole nitrogens is 1. The van der Waals surface area contributed by atoms with E-state index in [0.717, 1.165) is 56.8 Å². The van der Waals surface area contributed by atoms with Gasteiger partial charge in [-0.05, 0) is 32.4 Å². The fourth-order valence-electron chi connectivity index (χ4n) is 4.07. The standard InChI is InChI=1S/C20H29N7O2/c1-3-15-11-18(23-22-15)20(29)26-6-4-5-16(14-26)27-19(28)12-17(13-21-27)25-9-7-24(2)8-10-25/h11-13,16H,3-10,14H2,1-2H3,(H,22,23)/t16-/m1/s1. The summed E-state index contributed by atoms with van der Waals surface area (Å²) in [6.45, 7) is 6.94. The lowest BCUT2D eigenvalue weighted by Crippen LogP contribution is -2.46. The van der Waals surface area contributed by atoms with Crippen LogP contribution in [0.5, 0.6) is 0 Å². The molecule has 0 bridgehead atoms. The van der Waals surface area contributed by atoms with Crippen LogP contribution >= 0.6 is 0 Å². The van der Waals surface area contributed by atoms with Crippen molar-refractivity contribution in [3.63, 3.8) is 0 Å². The number of hydrogen-bond donors (Lipinski definition) is 1. The van der Waals surface area contributed by atoms with Crippen LogP contribution in [0.25, 0.3) is 0 Å². The van der Waals surface area contributed by atoms with E-state index in [1.165, 1.54) is 0 Å². The van der Waals surface area contributed by atoms with Crippen LogP contribution in [0.2, 0.25) is 0 Å². The van der Waals surface area contributed by atoms with Gasteiger partial charge in [-0.3, -0.25) is 14.7 Å². The SMILES string of the molecule is CCc1cc(C(=O)N2CCC[C@@H](n3ncc(N4CCN(C)CC4)cc3=O)C2)n[nH]1. The first-order valence-electron chi connectivity index (χ1n) is 10.4. The molecule has 4 rings (SSSR count). The molecule has 2 saturated heterocycles. The normalized spacial score (nSPS) is 20.8. The van der Waals surface area contributed by atoms with Crippen molar-refractivity contribution < 1.29 is 4.79 Å². The highest BCUT2D eigenvalue weighted by Crippen LogP contribution is 2.22. The maximum atomic E-state index is 12.8. The second-order valence-electron chi connectivity index (χ2n) is 7.97. The van der Waals surface area contributed by atoms with Crippen LogP contribution in [0.3, 0.4) is 0 Å². The second-order valence-corrected chi connectivity index (χ2v) is 7.97. The highest BCUT2D eigenvalue weighted by molar-refractivity contribution is 5.92. The number of carbonyl (C=O) groups is 1. The van der Waals surface area contributed by atoms with Gasteiger partial charge in [0.15, 0.2) is 0 Å². The molecule has 0 aromatic carbocycles. The van der Waals surface area contributed by atoms with Crippen molar-refractivity contribution in [3.05, 3.63) is 40.1 Å². The van der Waals surface area contributed by atoms with Crippen molar-refractivity contribution >= 4 is 11.6 Å². The van der Waals surface area contributed by atoms with E-state index in [-0.39, 0.29) is 17.5 Å². The Morgan fingerprint density at radius 1 is 1.21 bits per heavy atom. The summed E-state index contributed by atoms with van der Waals surface area (Å²) in [5.74, 6) is -0.0900. The van der Waals surface area contributed by atoms with Gasteiger partial charge in [0, 0.05) is 51.0 Å². The van der Waals surface area contributed by atoms with E-state index in [9.17, 15) is 9.59 Å². The lowest BCUT2D eigenvalue weighted by atomic mass is 10.1. The molecule has 0 spiro atoms. The van der Waals surface area contributed by atoms with Crippen molar-refractivity contribution in [2.24, 2.45) is 0 Å². The maximum absolute atomic E-state index is 12.8. The molecule has 2 aromatic rings. The lowest BCUT2D eigenvalue weighted by Gasteiger charge is -2.34. The number of anilines is 1. The third kappa shape index (κ3) is 4.19. The summed E-state index contributed by atoms with van der Waals surface area (Å²) in [6, 6.07) is 3.38. The molecule has 0 saturated carbocycles. The minimum absolute atomic E-state index is 0.0900. The van der Waals surface area contributed by atoms with E-state index < -0.39 is 0 Å². The van der Waals surface area contributed by atoms with Gasteiger partial charge in [-0.1, -0.05) is 6.92 Å². The number of rotatable bonds is 4. The number of aromatic nitrogens is 4. The molecular weight excluding hydrogens is 370 g/mol. The Kier molecular flexibility index (Phi) is 5.66. The number of piperidine rings is 1. The topological polar surface area (TPSA) is 90.4 Å². The number of hydrogen-bond acceptors (Lipinski definition) is 6. The average Bonchev–Trinajstić information content (AvgIpc) is 3.23. The Balaban J connectivity index is 1.46. The maximum Gasteiger partial charge on any atom is 0.274 e. The predicted octanol–water partition coefficient (Wildman–Crippen LogP) is 0.758. The predicted molar refractivity (Wildman–Crippen MR) is 110 cm³/mol. The molecule has 2 fully saturated rings. The molecule has 1 amide bonds. The van der Waals surface area contributed by atoms with Gasteiger partial charge in [0.1, 0.15) is 5.69 Å². The molecule has 2 aliphatic rings. The Hall–Kier alpha value is -2.68. The molecule has 4 heterocycles. The molecule has 0 aliphatic carbocycles. The number of aromatic amines is 1. The van der Waals surface area contributed by atoms with Crippen LogP contribution in [0.4, 0.5) is 5.69 Å². The van der Waals surface area contributed by atoms with Crippen LogP contribution in [-0.2, 0) is 6.42 Å². The van der Waals surface area contributed by atoms with E-state index in [4.69, 9.17) is 0 Å². The van der Waals surface area contributed by atoms with Gasteiger partial charge in [-0.15, -0.1) is 0 Å². The smallest absolute Gasteiger partial charge is 0.274 e. The van der Waals surface area contributed by atoms with Gasteiger partial charge in [0.05, 0.1) is 17.9 Å². The van der Waals surface area contributed by atoms with E-state index in [2.05, 4.69) is 32.1 Å². The van der Waals surface area contributed by atoms with Gasteiger partial charge in [0.25, 0.3) is 11.5 Å². The number of likely N-dealkylation sites (tertiary alicyclic amines) is 1. The third-order valence-electron chi connectivity index (χ3n) is 5.94. The van der Waals surface area contributed by atoms with Crippen LogP contribution in [-0.4, -0.2) is 82.0 Å². The van der Waals surface area contributed by atoms with Crippen molar-refractivity contribution in [1.82, 2.24) is 29.8 Å². The van der Waals surface area contributed by atoms with Gasteiger partial charge in [-0.2, -0.15) is 10.2 Å². The van der Waals surface area contributed by atoms with Crippen LogP contribution in [0, 0.1) is 0 Å². The van der Waals surface area contributed by atoms with Gasteiger partial charge < -0.3 is 14.7 Å². The molecule has 1 atom stereocenters. The van der Waals surface area contributed by atoms with Gasteiger partial charge in [-0.25, -0.2) is 4.68 Å². The first-order chi connectivity index (χ1) is 14.0. The largest absolute Gasteiger partial charge is 0.368 e. The Morgan fingerprint density at radius 2 is 2.00 bits per heavy atom. The van der Waals surface area contributed by atoms with Crippen molar-refractivity contribution in [2.75, 3.05) is 51.2 Å². The molecule has 2 aliphatic heterocycles. The molecule has 1 N–H and O–H groups in total. The summed E-state index contributed by atoms with van der Waals surface area (Å²) in [5.41, 5.74) is 2.16. The lowest BCUT2D eigenvalue weighted by molar-refractivity contribution is 0.0664. The number of carbonyl (C=O) groups excluding carboxylic acids is 1. The van der Waals surface area contributed by atoms with Crippen molar-refractivity contribution in [1.29, 1.82) is 0 Å². The Labute approximate surface area is 170 Å². The highest BCUT2D eigenvalue weighted by Gasteiger charge is 2.28. The summed E-state index contributed by atoms with van der Waals surface area (Å²) >= 11 is 0. The van der Waals surface area contributed by atoms with E-state index >= 15 is 0 Å². The number of piperazine rings is 1. The zero-order chi connectivity index (χ0) is 20.4. The first kappa shape index (κ1) is 19.6. The monoisotopic (exact) mass is 399 g/mol. The number of nitrogens with zero attached hydrogens (tertiary/aromatic N) is 6. The molecule has 0 radical (unpaired) electrons. The zero-order valence-corrected chi connectivity index (χ0v) is 17.2. The number of nitrogens with one attached hydrogen (secondary N) is 1. The van der Waals surface area contributed by atoms with Gasteiger partial charge >= 0.3 is 0 Å². The first-order valence-corrected chi connectivity index (χ1v) is 10.4. The fraction of sp³-hybridized carbons (Fsp3) is 0.600. The summed E-state index contributed by atoms with van der Waals surface area (Å²) < 4.78 is 1.54. The molecule has 29 heavy (non-hydrogen) atoms. The average molecular weight is 399 g/mol. The van der Waals surface area contributed by atoms with E-state index in [1.54, 1.807) is 27.9 Å². The van der Waals surface area contributed by atoms with E-state index in [0.29, 0.717) is 18.8 Å². The van der Waals surface area contributed by atoms with Crippen molar-refractivity contribution in [2.45, 2.75) is 32.2 Å². The Morgan fingerprint density at radius 3 is 2.69 bits per heavy atom. The minimum atomic E-state index is -0.105. The van der Waals surface area contributed by atoms with E-state index in [1.807, 2.05) is 6.92 Å². The van der Waals surface area contributed by atoms with Crippen molar-refractivity contribution in [3.8, 4) is 0 Å². The molecule has 156 valence electrons. The zero-order valence-electron chi connectivity index (χ0n) is 17.2. The minimum Gasteiger partial charge on any atom is -0.368 e. The quantitative estimate of drug-likeness (QED) is 0.816. The molecular formula is C20H29N7O2. The second kappa shape index (κ2) is 8.36. The fourth-order valence-corrected chi connectivity index (χ4v) is 4.07. The van der Waals surface area contributed by atoms with Gasteiger partial charge in [0.2, 0.25) is 0 Å². The summed E-state index contributed by atoms with van der Waals surface area (Å²) in [5, 5.41) is 11.5. The summed E-state index contributed by atoms with van der Waals surface area (Å²) in [4.78, 5) is 31.9. The highest BCUT2D eigenvalue weighted by atomic mass is 16.2. The van der Waals surface area contributed by atoms with Crippen LogP contribution < -0.4 is 10.5 Å². The number of likely N-dealkylation sites (N-methyl/N-ethyl adjacent to an activating group) is 1. The third-order valence-corrected chi connectivity index (χ3v) is 5.94. The Bertz CT molecular complexity index is 914. The molecule has 9 heteroatoms. The molecule has 2 aromatic heterocycles. The van der Waals surface area contributed by atoms with Crippen LogP contribution in [0.15, 0.2) is 23.1 Å². The van der Waals surface area contributed by atoms with Crippen LogP contribution in [0.1, 0.15) is 42.0 Å². The summed E-state index contributed by atoms with van der Waals surface area (Å²) in [6.07, 6.45) is 4.28. The number of amides is 1.